The molecule has 2 aromatic rings. The number of hydrogen-bond acceptors (Lipinski definition) is 3. The van der Waals surface area contributed by atoms with Crippen molar-refractivity contribution in [1.29, 1.82) is 0 Å². The van der Waals surface area contributed by atoms with E-state index in [0.29, 0.717) is 27.4 Å². The molecule has 1 aromatic carbocycles. The van der Waals surface area contributed by atoms with E-state index in [2.05, 4.69) is 23.5 Å². The van der Waals surface area contributed by atoms with Gasteiger partial charge in [0, 0.05) is 5.70 Å². The molecule has 0 bridgehead atoms. The van der Waals surface area contributed by atoms with Gasteiger partial charge >= 0.3 is 0 Å². The molecule has 5 heteroatoms. The van der Waals surface area contributed by atoms with Crippen molar-refractivity contribution in [2.45, 2.75) is 13.0 Å². The highest BCUT2D eigenvalue weighted by molar-refractivity contribution is 6.35. The predicted molar refractivity (Wildman–Crippen MR) is 84.0 cm³/mol. The molecule has 0 saturated carbocycles. The van der Waals surface area contributed by atoms with E-state index in [0.717, 1.165) is 0 Å². The second kappa shape index (κ2) is 5.61. The number of aromatic nitrogens is 2. The van der Waals surface area contributed by atoms with Crippen molar-refractivity contribution in [2.24, 2.45) is 0 Å². The Morgan fingerprint density at radius 3 is 2.85 bits per heavy atom. The molecule has 2 rings (SSSR count). The lowest BCUT2D eigenvalue weighted by molar-refractivity contribution is 0.593. The van der Waals surface area contributed by atoms with Crippen LogP contribution in [-0.4, -0.2) is 16.6 Å². The van der Waals surface area contributed by atoms with Gasteiger partial charge < -0.3 is 5.32 Å². The second-order valence-corrected chi connectivity index (χ2v) is 4.86. The van der Waals surface area contributed by atoms with Gasteiger partial charge in [-0.2, -0.15) is 0 Å². The molecular weight excluding hydrogens is 274 g/mol. The van der Waals surface area contributed by atoms with Gasteiger partial charge in [-0.3, -0.25) is 9.36 Å². The highest BCUT2D eigenvalue weighted by atomic mass is 35.5. The molecule has 1 atom stereocenters. The minimum Gasteiger partial charge on any atom is -0.311 e. The van der Waals surface area contributed by atoms with Gasteiger partial charge in [-0.15, -0.1) is 0 Å². The maximum Gasteiger partial charge on any atom is 0.267 e. The highest BCUT2D eigenvalue weighted by Crippen LogP contribution is 2.22. The molecular formula is C15H16ClN3O. The molecule has 4 nitrogen and oxygen atoms in total. The first kappa shape index (κ1) is 14.5. The smallest absolute Gasteiger partial charge is 0.267 e. The van der Waals surface area contributed by atoms with E-state index in [1.807, 2.05) is 6.92 Å². The Balaban J connectivity index is 2.95. The largest absolute Gasteiger partial charge is 0.311 e. The molecule has 0 aliphatic heterocycles. The Labute approximate surface area is 122 Å². The first-order valence-corrected chi connectivity index (χ1v) is 6.59. The van der Waals surface area contributed by atoms with Gasteiger partial charge in [0.15, 0.2) is 0 Å². The molecule has 20 heavy (non-hydrogen) atoms. The monoisotopic (exact) mass is 289 g/mol. The van der Waals surface area contributed by atoms with Gasteiger partial charge in [-0.05, 0) is 32.2 Å². The average molecular weight is 290 g/mol. The van der Waals surface area contributed by atoms with Crippen LogP contribution < -0.4 is 10.9 Å². The van der Waals surface area contributed by atoms with Crippen molar-refractivity contribution in [1.82, 2.24) is 14.9 Å². The molecule has 0 aliphatic carbocycles. The van der Waals surface area contributed by atoms with Crippen LogP contribution in [0.15, 0.2) is 42.2 Å². The summed E-state index contributed by atoms with van der Waals surface area (Å²) in [6.45, 7) is 9.44. The molecule has 1 aromatic heterocycles. The highest BCUT2D eigenvalue weighted by Gasteiger charge is 2.17. The minimum absolute atomic E-state index is 0.109. The Kier molecular flexibility index (Phi) is 4.06. The third-order valence-corrected chi connectivity index (χ3v) is 3.53. The molecule has 1 N–H and O–H groups in total. The van der Waals surface area contributed by atoms with Crippen LogP contribution in [0, 0.1) is 0 Å². The van der Waals surface area contributed by atoms with Gasteiger partial charge in [-0.1, -0.05) is 30.8 Å². The van der Waals surface area contributed by atoms with Gasteiger partial charge in [0.2, 0.25) is 0 Å². The van der Waals surface area contributed by atoms with Crippen molar-refractivity contribution in [3.63, 3.8) is 0 Å². The number of rotatable bonds is 4. The van der Waals surface area contributed by atoms with Crippen LogP contribution in [0.25, 0.3) is 16.6 Å². The van der Waals surface area contributed by atoms with E-state index < -0.39 is 0 Å². The SMILES string of the molecule is C=CC(=C)n1c(C(C)NC)nc2cccc(Cl)c2c1=O. The first-order chi connectivity index (χ1) is 9.51. The standard InChI is InChI=1S/C15H16ClN3O/c1-5-9(2)19-14(10(3)17-4)18-12-8-6-7-11(16)13(12)15(19)20/h5-8,10,17H,1-2H2,3-4H3. The number of hydrogen-bond donors (Lipinski definition) is 1. The fraction of sp³-hybridized carbons (Fsp3) is 0.200. The molecule has 0 saturated heterocycles. The zero-order valence-electron chi connectivity index (χ0n) is 11.5. The van der Waals surface area contributed by atoms with E-state index in [1.54, 1.807) is 25.2 Å². The summed E-state index contributed by atoms with van der Waals surface area (Å²) in [6.07, 6.45) is 1.53. The molecule has 0 aliphatic rings. The number of halogens is 1. The van der Waals surface area contributed by atoms with Crippen molar-refractivity contribution in [2.75, 3.05) is 7.05 Å². The number of nitrogens with one attached hydrogen (secondary N) is 1. The normalized spacial score (nSPS) is 12.3. The van der Waals surface area contributed by atoms with Crippen molar-refractivity contribution >= 4 is 28.2 Å². The van der Waals surface area contributed by atoms with Gasteiger partial charge in [0.25, 0.3) is 5.56 Å². The first-order valence-electron chi connectivity index (χ1n) is 6.21. The van der Waals surface area contributed by atoms with Gasteiger partial charge in [0.05, 0.1) is 22.0 Å². The van der Waals surface area contributed by atoms with Crippen LogP contribution in [0.1, 0.15) is 18.8 Å². The van der Waals surface area contributed by atoms with Gasteiger partial charge in [-0.25, -0.2) is 4.98 Å². The molecule has 0 amide bonds. The summed E-state index contributed by atoms with van der Waals surface area (Å²) < 4.78 is 1.45. The van der Waals surface area contributed by atoms with Crippen LogP contribution in [0.3, 0.4) is 0 Å². The molecule has 1 unspecified atom stereocenters. The quantitative estimate of drug-likeness (QED) is 0.880. The molecule has 1 heterocycles. The lowest BCUT2D eigenvalue weighted by Gasteiger charge is -2.18. The molecule has 0 radical (unpaired) electrons. The van der Waals surface area contributed by atoms with Gasteiger partial charge in [0.1, 0.15) is 5.82 Å². The van der Waals surface area contributed by atoms with Crippen molar-refractivity contribution < 1.29 is 0 Å². The Bertz CT molecular complexity index is 749. The molecule has 104 valence electrons. The summed E-state index contributed by atoms with van der Waals surface area (Å²) in [5.41, 5.74) is 0.816. The van der Waals surface area contributed by atoms with Crippen LogP contribution in [0.5, 0.6) is 0 Å². The Morgan fingerprint density at radius 2 is 2.25 bits per heavy atom. The van der Waals surface area contributed by atoms with E-state index in [-0.39, 0.29) is 11.6 Å². The zero-order valence-corrected chi connectivity index (χ0v) is 12.2. The summed E-state index contributed by atoms with van der Waals surface area (Å²) in [5.74, 6) is 0.581. The minimum atomic E-state index is -0.234. The summed E-state index contributed by atoms with van der Waals surface area (Å²) >= 11 is 6.12. The number of fused-ring (bicyclic) bond motifs is 1. The van der Waals surface area contributed by atoms with E-state index >= 15 is 0 Å². The lowest BCUT2D eigenvalue weighted by Crippen LogP contribution is -2.29. The van der Waals surface area contributed by atoms with Crippen LogP contribution in [0.2, 0.25) is 5.02 Å². The summed E-state index contributed by atoms with van der Waals surface area (Å²) in [4.78, 5) is 17.2. The fourth-order valence-corrected chi connectivity index (χ4v) is 2.25. The van der Waals surface area contributed by atoms with E-state index in [4.69, 9.17) is 11.6 Å². The third-order valence-electron chi connectivity index (χ3n) is 3.22. The summed E-state index contributed by atoms with van der Waals surface area (Å²) in [6, 6.07) is 5.12. The van der Waals surface area contributed by atoms with E-state index in [9.17, 15) is 4.79 Å². The average Bonchev–Trinajstić information content (AvgIpc) is 2.45. The number of nitrogens with zero attached hydrogens (tertiary/aromatic N) is 2. The maximum absolute atomic E-state index is 12.7. The molecule has 0 fully saturated rings. The second-order valence-electron chi connectivity index (χ2n) is 4.45. The number of benzene rings is 1. The summed E-state index contributed by atoms with van der Waals surface area (Å²) in [5, 5.41) is 3.85. The lowest BCUT2D eigenvalue weighted by atomic mass is 10.2. The third kappa shape index (κ3) is 2.28. The van der Waals surface area contributed by atoms with Crippen LogP contribution in [-0.2, 0) is 0 Å². The summed E-state index contributed by atoms with van der Waals surface area (Å²) in [7, 11) is 1.81. The predicted octanol–water partition coefficient (Wildman–Crippen LogP) is 2.99. The van der Waals surface area contributed by atoms with Crippen molar-refractivity contribution in [3.05, 3.63) is 58.6 Å². The van der Waals surface area contributed by atoms with Crippen molar-refractivity contribution in [3.8, 4) is 0 Å². The topological polar surface area (TPSA) is 46.9 Å². The molecule has 0 spiro atoms. The number of allylic oxidation sites excluding steroid dienone is 2. The Hall–Kier alpha value is -1.91. The maximum atomic E-state index is 12.7. The van der Waals surface area contributed by atoms with Crippen LogP contribution >= 0.6 is 11.6 Å². The zero-order chi connectivity index (χ0) is 14.9. The van der Waals surface area contributed by atoms with E-state index in [1.165, 1.54) is 10.6 Å². The Morgan fingerprint density at radius 1 is 1.55 bits per heavy atom. The fourth-order valence-electron chi connectivity index (χ4n) is 2.00. The van der Waals surface area contributed by atoms with Crippen LogP contribution in [0.4, 0.5) is 0 Å².